The molecule has 0 spiro atoms. The van der Waals surface area contributed by atoms with Crippen molar-refractivity contribution in [1.82, 2.24) is 0 Å². The average molecular weight is 366 g/mol. The molecule has 0 aliphatic heterocycles. The van der Waals surface area contributed by atoms with Crippen LogP contribution >= 0.6 is 0 Å². The lowest BCUT2D eigenvalue weighted by Gasteiger charge is -2.16. The van der Waals surface area contributed by atoms with Gasteiger partial charge in [-0.15, -0.1) is 0 Å². The lowest BCUT2D eigenvalue weighted by atomic mass is 9.95. The fourth-order valence-corrected chi connectivity index (χ4v) is 3.21. The van der Waals surface area contributed by atoms with Crippen molar-refractivity contribution in [2.24, 2.45) is 0 Å². The van der Waals surface area contributed by atoms with Crippen LogP contribution < -0.4 is 9.47 Å². The Balaban J connectivity index is 2.30. The van der Waals surface area contributed by atoms with Crippen molar-refractivity contribution in [2.45, 2.75) is 33.6 Å². The SMILES string of the molecule is CCCOc1cc2cc(C(=O)OC)c3ccc(C)cc3c2cc1OCCC. The predicted molar refractivity (Wildman–Crippen MR) is 109 cm³/mol. The first kappa shape index (κ1) is 19.0. The van der Waals surface area contributed by atoms with Gasteiger partial charge in [0.15, 0.2) is 11.5 Å². The molecule has 0 bridgehead atoms. The number of hydrogen-bond donors (Lipinski definition) is 0. The summed E-state index contributed by atoms with van der Waals surface area (Å²) in [7, 11) is 1.41. The fraction of sp³-hybridized carbons (Fsp3) is 0.348. The summed E-state index contributed by atoms with van der Waals surface area (Å²) in [5.41, 5.74) is 1.69. The van der Waals surface area contributed by atoms with Gasteiger partial charge in [-0.1, -0.05) is 37.6 Å². The van der Waals surface area contributed by atoms with Crippen LogP contribution in [0.25, 0.3) is 21.5 Å². The van der Waals surface area contributed by atoms with Crippen LogP contribution in [0, 0.1) is 6.92 Å². The Morgan fingerprint density at radius 1 is 0.852 bits per heavy atom. The molecule has 3 aromatic rings. The Morgan fingerprint density at radius 2 is 1.52 bits per heavy atom. The van der Waals surface area contributed by atoms with Gasteiger partial charge < -0.3 is 14.2 Å². The summed E-state index contributed by atoms with van der Waals surface area (Å²) in [5.74, 6) is 1.11. The zero-order chi connectivity index (χ0) is 19.4. The number of benzene rings is 3. The van der Waals surface area contributed by atoms with Gasteiger partial charge in [-0.25, -0.2) is 4.79 Å². The van der Waals surface area contributed by atoms with Crippen molar-refractivity contribution in [3.8, 4) is 11.5 Å². The zero-order valence-electron chi connectivity index (χ0n) is 16.4. The highest BCUT2D eigenvalue weighted by atomic mass is 16.5. The van der Waals surface area contributed by atoms with E-state index in [0.717, 1.165) is 45.7 Å². The predicted octanol–water partition coefficient (Wildman–Crippen LogP) is 5.67. The van der Waals surface area contributed by atoms with E-state index in [1.807, 2.05) is 37.3 Å². The maximum absolute atomic E-state index is 12.3. The average Bonchev–Trinajstić information content (AvgIpc) is 2.69. The molecule has 3 aromatic carbocycles. The van der Waals surface area contributed by atoms with Gasteiger partial charge in [0.25, 0.3) is 0 Å². The molecule has 0 amide bonds. The van der Waals surface area contributed by atoms with Crippen LogP contribution in [0.2, 0.25) is 0 Å². The van der Waals surface area contributed by atoms with E-state index in [4.69, 9.17) is 14.2 Å². The highest BCUT2D eigenvalue weighted by molar-refractivity contribution is 6.16. The summed E-state index contributed by atoms with van der Waals surface area (Å²) in [4.78, 5) is 12.3. The lowest BCUT2D eigenvalue weighted by Crippen LogP contribution is -2.04. The molecule has 142 valence electrons. The molecule has 0 radical (unpaired) electrons. The van der Waals surface area contributed by atoms with Crippen molar-refractivity contribution in [3.05, 3.63) is 47.5 Å². The number of aryl methyl sites for hydroxylation is 1. The Kier molecular flexibility index (Phi) is 5.84. The van der Waals surface area contributed by atoms with Gasteiger partial charge in [0.1, 0.15) is 0 Å². The van der Waals surface area contributed by atoms with Crippen LogP contribution in [0.5, 0.6) is 11.5 Å². The second-order valence-corrected chi connectivity index (χ2v) is 6.68. The molecule has 4 heteroatoms. The van der Waals surface area contributed by atoms with E-state index in [-0.39, 0.29) is 5.97 Å². The van der Waals surface area contributed by atoms with E-state index in [0.29, 0.717) is 24.5 Å². The number of carbonyl (C=O) groups is 1. The van der Waals surface area contributed by atoms with Crippen LogP contribution in [0.15, 0.2) is 36.4 Å². The Hall–Kier alpha value is -2.75. The molecule has 0 aliphatic rings. The summed E-state index contributed by atoms with van der Waals surface area (Å²) in [6.07, 6.45) is 1.84. The molecule has 3 rings (SSSR count). The molecule has 4 nitrogen and oxygen atoms in total. The van der Waals surface area contributed by atoms with E-state index in [1.165, 1.54) is 7.11 Å². The smallest absolute Gasteiger partial charge is 0.338 e. The maximum atomic E-state index is 12.3. The molecule has 0 heterocycles. The molecule has 0 N–H and O–H groups in total. The van der Waals surface area contributed by atoms with Crippen molar-refractivity contribution >= 4 is 27.5 Å². The number of methoxy groups -OCH3 is 1. The first-order valence-electron chi connectivity index (χ1n) is 9.44. The summed E-state index contributed by atoms with van der Waals surface area (Å²) in [5, 5.41) is 3.86. The summed E-state index contributed by atoms with van der Waals surface area (Å²) < 4.78 is 16.9. The van der Waals surface area contributed by atoms with Gasteiger partial charge in [-0.3, -0.25) is 0 Å². The normalized spacial score (nSPS) is 11.0. The van der Waals surface area contributed by atoms with Gasteiger partial charge in [0.05, 0.1) is 25.9 Å². The molecule has 0 aliphatic carbocycles. The van der Waals surface area contributed by atoms with Crippen molar-refractivity contribution < 1.29 is 19.0 Å². The topological polar surface area (TPSA) is 44.8 Å². The van der Waals surface area contributed by atoms with Crippen LogP contribution in [-0.2, 0) is 4.74 Å². The molecule has 0 saturated carbocycles. The molecule has 0 saturated heterocycles. The molecule has 0 atom stereocenters. The maximum Gasteiger partial charge on any atom is 0.338 e. The van der Waals surface area contributed by atoms with Gasteiger partial charge in [-0.05, 0) is 59.5 Å². The minimum absolute atomic E-state index is 0.340. The van der Waals surface area contributed by atoms with Crippen LogP contribution in [0.3, 0.4) is 0 Å². The number of esters is 1. The number of carbonyl (C=O) groups excluding carboxylic acids is 1. The first-order valence-corrected chi connectivity index (χ1v) is 9.44. The van der Waals surface area contributed by atoms with Gasteiger partial charge >= 0.3 is 5.97 Å². The zero-order valence-corrected chi connectivity index (χ0v) is 16.4. The van der Waals surface area contributed by atoms with Crippen LogP contribution in [-0.4, -0.2) is 26.3 Å². The molecular formula is C23H26O4. The van der Waals surface area contributed by atoms with Gasteiger partial charge in [0, 0.05) is 0 Å². The third kappa shape index (κ3) is 3.85. The minimum atomic E-state index is -0.340. The first-order chi connectivity index (χ1) is 13.1. The van der Waals surface area contributed by atoms with E-state index in [1.54, 1.807) is 0 Å². The van der Waals surface area contributed by atoms with Crippen LogP contribution in [0.4, 0.5) is 0 Å². The second-order valence-electron chi connectivity index (χ2n) is 6.68. The Morgan fingerprint density at radius 3 is 2.15 bits per heavy atom. The van der Waals surface area contributed by atoms with Crippen molar-refractivity contribution in [1.29, 1.82) is 0 Å². The number of hydrogen-bond acceptors (Lipinski definition) is 4. The monoisotopic (exact) mass is 366 g/mol. The molecule has 27 heavy (non-hydrogen) atoms. The third-order valence-electron chi connectivity index (χ3n) is 4.50. The van der Waals surface area contributed by atoms with E-state index in [2.05, 4.69) is 19.9 Å². The number of fused-ring (bicyclic) bond motifs is 3. The fourth-order valence-electron chi connectivity index (χ4n) is 3.21. The Bertz CT molecular complexity index is 975. The third-order valence-corrected chi connectivity index (χ3v) is 4.50. The quantitative estimate of drug-likeness (QED) is 0.399. The molecule has 0 aromatic heterocycles. The number of ether oxygens (including phenoxy) is 3. The van der Waals surface area contributed by atoms with Crippen LogP contribution in [0.1, 0.15) is 42.6 Å². The van der Waals surface area contributed by atoms with E-state index < -0.39 is 0 Å². The largest absolute Gasteiger partial charge is 0.490 e. The second kappa shape index (κ2) is 8.30. The summed E-state index contributed by atoms with van der Waals surface area (Å²) >= 11 is 0. The summed E-state index contributed by atoms with van der Waals surface area (Å²) in [6, 6.07) is 11.9. The van der Waals surface area contributed by atoms with Gasteiger partial charge in [-0.2, -0.15) is 0 Å². The number of rotatable bonds is 7. The minimum Gasteiger partial charge on any atom is -0.490 e. The van der Waals surface area contributed by atoms with Crippen molar-refractivity contribution in [2.75, 3.05) is 20.3 Å². The highest BCUT2D eigenvalue weighted by Gasteiger charge is 2.16. The molecule has 0 fully saturated rings. The van der Waals surface area contributed by atoms with E-state index >= 15 is 0 Å². The molecular weight excluding hydrogens is 340 g/mol. The standard InChI is InChI=1S/C23H26O4/c1-5-9-26-21-13-16-12-20(23(24)25-4)17-8-7-15(3)11-19(17)18(16)14-22(21)27-10-6-2/h7-8,11-14H,5-6,9-10H2,1-4H3. The molecule has 0 unspecified atom stereocenters. The lowest BCUT2D eigenvalue weighted by molar-refractivity contribution is 0.0603. The highest BCUT2D eigenvalue weighted by Crippen LogP contribution is 2.38. The van der Waals surface area contributed by atoms with Crippen molar-refractivity contribution in [3.63, 3.8) is 0 Å². The Labute approximate surface area is 160 Å². The van der Waals surface area contributed by atoms with E-state index in [9.17, 15) is 4.79 Å². The van der Waals surface area contributed by atoms with Gasteiger partial charge in [0.2, 0.25) is 0 Å². The summed E-state index contributed by atoms with van der Waals surface area (Å²) in [6.45, 7) is 7.44.